The van der Waals surface area contributed by atoms with E-state index >= 15 is 0 Å². The standard InChI is InChI=1S/C29H41NO4.C17H27N3O4S/c1-25(2,3)26(4,32)20-15-27-10-11-29(20,33-5)24-28(27)12-13-30(16-17-6-7-17)21(27)14-18-8-9-19(31)23(34-24)22(18)28;1-4-20-8-6-7-12(20)11-19-17(21)13-9-16(25(22,23)5-2)14(18)10-15(13)24-3/h8-9,17,20-21,24,31-32H,6-7,10-16H2,1-5H3;9-10,12H,4-8,11,18H2,1-3H3,(H,19,21)/t20-,21-,24-,26+,27-,28+,29-;/m1./s1. The third-order valence-corrected chi connectivity index (χ3v) is 18.3. The number of fused-ring (bicyclic) bond motifs is 2. The lowest BCUT2D eigenvalue weighted by molar-refractivity contribution is -0.312. The zero-order valence-corrected chi connectivity index (χ0v) is 37.3. The van der Waals surface area contributed by atoms with Gasteiger partial charge in [-0.3, -0.25) is 14.6 Å². The molecule has 13 heteroatoms. The maximum absolute atomic E-state index is 12.6. The molecule has 2 aromatic carbocycles. The van der Waals surface area contributed by atoms with Crippen LogP contribution in [0.15, 0.2) is 29.2 Å². The SMILES string of the molecule is CCN1CCCC1CNC(=O)c1cc(S(=O)(=O)CC)c(N)cc1OC.CO[C@]12CC[C@@]3(C[C@@H]1[C@](C)(O)C(C)(C)C)[C@H]1Cc4ccc(O)c5c4[C@@]3(CCN1CC1CC1)[C@H]2O5. The summed E-state index contributed by atoms with van der Waals surface area (Å²) in [7, 11) is -0.266. The number of rotatable bonds is 11. The highest BCUT2D eigenvalue weighted by Crippen LogP contribution is 2.78. The second-order valence-corrected chi connectivity index (χ2v) is 22.2. The highest BCUT2D eigenvalue weighted by Gasteiger charge is 2.82. The number of hydrogen-bond acceptors (Lipinski definition) is 11. The second kappa shape index (κ2) is 14.8. The number of aromatic hydroxyl groups is 1. The number of nitrogens with one attached hydrogen (secondary N) is 1. The molecule has 2 saturated heterocycles. The van der Waals surface area contributed by atoms with E-state index in [4.69, 9.17) is 19.9 Å². The number of aliphatic hydroxyl groups is 1. The first kappa shape index (κ1) is 42.6. The van der Waals surface area contributed by atoms with Crippen molar-refractivity contribution in [3.63, 3.8) is 0 Å². The van der Waals surface area contributed by atoms with E-state index in [9.17, 15) is 23.4 Å². The van der Waals surface area contributed by atoms with Gasteiger partial charge in [0.2, 0.25) is 0 Å². The Kier molecular flexibility index (Phi) is 10.7. The summed E-state index contributed by atoms with van der Waals surface area (Å²) in [6.07, 6.45) is 9.80. The summed E-state index contributed by atoms with van der Waals surface area (Å²) in [6.45, 7) is 17.0. The third kappa shape index (κ3) is 6.32. The molecule has 8 aliphatic rings. The Morgan fingerprint density at radius 3 is 2.44 bits per heavy atom. The predicted molar refractivity (Wildman–Crippen MR) is 228 cm³/mol. The number of nitrogen functional groups attached to an aromatic ring is 1. The fourth-order valence-corrected chi connectivity index (χ4v) is 13.8. The molecule has 1 amide bonds. The van der Waals surface area contributed by atoms with Crippen molar-refractivity contribution in [1.82, 2.24) is 15.1 Å². The number of carbonyl (C=O) groups excluding carboxylic acids is 1. The van der Waals surface area contributed by atoms with Crippen LogP contribution in [0.3, 0.4) is 0 Å². The number of benzene rings is 2. The van der Waals surface area contributed by atoms with Crippen molar-refractivity contribution in [2.45, 2.75) is 139 Å². The molecule has 4 bridgehead atoms. The highest BCUT2D eigenvalue weighted by molar-refractivity contribution is 7.91. The zero-order valence-electron chi connectivity index (χ0n) is 36.5. The highest BCUT2D eigenvalue weighted by atomic mass is 32.2. The van der Waals surface area contributed by atoms with Crippen molar-refractivity contribution >= 4 is 21.4 Å². The molecule has 10 rings (SSSR count). The van der Waals surface area contributed by atoms with Crippen LogP contribution in [-0.4, -0.2) is 116 Å². The van der Waals surface area contributed by atoms with E-state index in [2.05, 4.69) is 48.9 Å². The summed E-state index contributed by atoms with van der Waals surface area (Å²) in [6, 6.07) is 7.48. The van der Waals surface area contributed by atoms with Gasteiger partial charge in [0, 0.05) is 60.7 Å². The molecule has 326 valence electrons. The average molecular weight is 837 g/mol. The van der Waals surface area contributed by atoms with Gasteiger partial charge in [0.1, 0.15) is 17.5 Å². The van der Waals surface area contributed by atoms with E-state index in [1.54, 1.807) is 0 Å². The van der Waals surface area contributed by atoms with Gasteiger partial charge in [-0.2, -0.15) is 0 Å². The Bertz CT molecular complexity index is 2080. The molecular weight excluding hydrogens is 769 g/mol. The maximum Gasteiger partial charge on any atom is 0.255 e. The Hall–Kier alpha value is -3.10. The number of sulfone groups is 1. The molecule has 12 nitrogen and oxygen atoms in total. The van der Waals surface area contributed by atoms with Crippen LogP contribution in [0.2, 0.25) is 0 Å². The molecule has 4 saturated carbocycles. The maximum atomic E-state index is 12.6. The number of hydrogen-bond donors (Lipinski definition) is 4. The molecule has 3 aliphatic heterocycles. The van der Waals surface area contributed by atoms with Crippen molar-refractivity contribution < 1.29 is 37.6 Å². The first-order chi connectivity index (χ1) is 27.9. The van der Waals surface area contributed by atoms with E-state index in [-0.39, 0.29) is 67.6 Å². The number of anilines is 1. The minimum absolute atomic E-state index is 0.0294. The molecule has 2 spiro atoms. The molecule has 2 aromatic rings. The fraction of sp³-hybridized carbons (Fsp3) is 0.717. The van der Waals surface area contributed by atoms with Gasteiger partial charge in [-0.1, -0.05) is 40.7 Å². The first-order valence-electron chi connectivity index (χ1n) is 22.1. The number of piperidine rings is 1. The van der Waals surface area contributed by atoms with E-state index in [1.807, 2.05) is 20.1 Å². The smallest absolute Gasteiger partial charge is 0.255 e. The van der Waals surface area contributed by atoms with Gasteiger partial charge in [-0.05, 0) is 113 Å². The number of nitrogens with two attached hydrogens (primary N) is 1. The van der Waals surface area contributed by atoms with Crippen molar-refractivity contribution in [3.05, 3.63) is 41.0 Å². The van der Waals surface area contributed by atoms with Gasteiger partial charge < -0.3 is 35.5 Å². The summed E-state index contributed by atoms with van der Waals surface area (Å²) < 4.78 is 43.0. The number of ether oxygens (including phenoxy) is 3. The monoisotopic (exact) mass is 836 g/mol. The van der Waals surface area contributed by atoms with E-state index in [0.717, 1.165) is 70.5 Å². The molecule has 59 heavy (non-hydrogen) atoms. The van der Waals surface area contributed by atoms with Gasteiger partial charge in [0.05, 0.1) is 34.6 Å². The van der Waals surface area contributed by atoms with Crippen LogP contribution in [0.25, 0.3) is 0 Å². The van der Waals surface area contributed by atoms with Crippen molar-refractivity contribution in [2.75, 3.05) is 58.4 Å². The molecule has 6 fully saturated rings. The normalized spacial score (nSPS) is 33.0. The van der Waals surface area contributed by atoms with E-state index in [1.165, 1.54) is 56.7 Å². The number of carbonyl (C=O) groups is 1. The lowest BCUT2D eigenvalue weighted by Gasteiger charge is -2.75. The Balaban J connectivity index is 0.000000173. The van der Waals surface area contributed by atoms with Crippen LogP contribution in [0.4, 0.5) is 5.69 Å². The third-order valence-electron chi connectivity index (χ3n) is 16.6. The van der Waals surface area contributed by atoms with Crippen molar-refractivity contribution in [3.8, 4) is 17.2 Å². The molecule has 5 N–H and O–H groups in total. The lowest BCUT2D eigenvalue weighted by Crippen LogP contribution is -2.83. The van der Waals surface area contributed by atoms with Crippen molar-refractivity contribution in [2.24, 2.45) is 22.7 Å². The largest absolute Gasteiger partial charge is 0.504 e. The molecule has 3 heterocycles. The van der Waals surface area contributed by atoms with E-state index < -0.39 is 21.0 Å². The summed E-state index contributed by atoms with van der Waals surface area (Å²) in [5, 5.41) is 26.1. The molecular formula is C46H68N4O8S. The van der Waals surface area contributed by atoms with Gasteiger partial charge in [0.25, 0.3) is 5.91 Å². The zero-order chi connectivity index (χ0) is 42.5. The Morgan fingerprint density at radius 1 is 1.05 bits per heavy atom. The Labute approximate surface area is 351 Å². The van der Waals surface area contributed by atoms with Gasteiger partial charge >= 0.3 is 0 Å². The number of methoxy groups -OCH3 is 2. The summed E-state index contributed by atoms with van der Waals surface area (Å²) in [5.74, 6) is 1.63. The van der Waals surface area contributed by atoms with Crippen molar-refractivity contribution in [1.29, 1.82) is 0 Å². The summed E-state index contributed by atoms with van der Waals surface area (Å²) >= 11 is 0. The van der Waals surface area contributed by atoms with Crippen LogP contribution in [0.1, 0.15) is 114 Å². The number of phenols is 1. The minimum Gasteiger partial charge on any atom is -0.504 e. The van der Waals surface area contributed by atoms with Crippen LogP contribution < -0.4 is 20.5 Å². The topological polar surface area (TPSA) is 164 Å². The first-order valence-corrected chi connectivity index (χ1v) is 23.8. The Morgan fingerprint density at radius 2 is 1.80 bits per heavy atom. The molecule has 0 radical (unpaired) electrons. The van der Waals surface area contributed by atoms with Gasteiger partial charge in [0.15, 0.2) is 21.3 Å². The predicted octanol–water partition coefficient (Wildman–Crippen LogP) is 5.70. The lowest BCUT2D eigenvalue weighted by atomic mass is 9.33. The van der Waals surface area contributed by atoms with Crippen LogP contribution in [0.5, 0.6) is 17.2 Å². The van der Waals surface area contributed by atoms with Gasteiger partial charge in [-0.15, -0.1) is 0 Å². The summed E-state index contributed by atoms with van der Waals surface area (Å²) in [5.41, 5.74) is 6.89. The van der Waals surface area contributed by atoms with E-state index in [0.29, 0.717) is 24.4 Å². The quantitative estimate of drug-likeness (QED) is 0.206. The second-order valence-electron chi connectivity index (χ2n) is 19.9. The van der Waals surface area contributed by atoms with Crippen LogP contribution in [0, 0.1) is 22.7 Å². The molecule has 5 aliphatic carbocycles. The molecule has 1 unspecified atom stereocenters. The van der Waals surface area contributed by atoms with Crippen LogP contribution in [-0.2, 0) is 26.4 Å². The number of likely N-dealkylation sites (tertiary alicyclic amines) is 2. The van der Waals surface area contributed by atoms with Crippen LogP contribution >= 0.6 is 0 Å². The minimum atomic E-state index is -3.52. The molecule has 0 aromatic heterocycles. The number of amides is 1. The van der Waals surface area contributed by atoms with Gasteiger partial charge in [-0.25, -0.2) is 8.42 Å². The number of likely N-dealkylation sites (N-methyl/N-ethyl adjacent to an activating group) is 1. The number of nitrogens with zero attached hydrogens (tertiary/aromatic N) is 2. The fourth-order valence-electron chi connectivity index (χ4n) is 12.8. The molecule has 8 atom stereocenters. The average Bonchev–Trinajstić information content (AvgIpc) is 3.77. The number of phenolic OH excluding ortho intramolecular Hbond substituents is 1. The summed E-state index contributed by atoms with van der Waals surface area (Å²) in [4.78, 5) is 17.7.